The molecule has 0 saturated carbocycles. The predicted molar refractivity (Wildman–Crippen MR) is 271 cm³/mol. The number of carbonyl (C=O) groups is 12. The fourth-order valence-electron chi connectivity index (χ4n) is 8.90. The zero-order chi connectivity index (χ0) is 56.5. The molecule has 2 heterocycles. The molecule has 2 saturated heterocycles. The van der Waals surface area contributed by atoms with Crippen molar-refractivity contribution in [3.8, 4) is 5.75 Å². The van der Waals surface area contributed by atoms with Crippen LogP contribution in [0.1, 0.15) is 141 Å². The van der Waals surface area contributed by atoms with Gasteiger partial charge in [0.05, 0.1) is 25.4 Å². The topological polar surface area (TPSA) is 431 Å². The number of rotatable bonds is 24. The summed E-state index contributed by atoms with van der Waals surface area (Å²) in [6.45, 7) is 3.15. The van der Waals surface area contributed by atoms with E-state index in [1.54, 1.807) is 0 Å². The van der Waals surface area contributed by atoms with Crippen molar-refractivity contribution in [1.82, 2.24) is 42.1 Å². The van der Waals surface area contributed by atoms with Crippen LogP contribution in [0, 0.1) is 0 Å². The van der Waals surface area contributed by atoms with Crippen LogP contribution in [0.2, 0.25) is 0 Å². The van der Waals surface area contributed by atoms with Crippen molar-refractivity contribution in [2.75, 3.05) is 6.54 Å². The third-order valence-corrected chi connectivity index (χ3v) is 13.0. The van der Waals surface area contributed by atoms with Crippen molar-refractivity contribution in [1.29, 1.82) is 0 Å². The molecule has 1 aromatic carbocycles. The average Bonchev–Trinajstić information content (AvgIpc) is 3.85. The van der Waals surface area contributed by atoms with Crippen molar-refractivity contribution < 1.29 is 72.9 Å². The lowest BCUT2D eigenvalue weighted by atomic mass is 10.0. The number of phenols is 1. The molecular weight excluding hydrogens is 995 g/mol. The lowest BCUT2D eigenvalue weighted by Crippen LogP contribution is -2.63. The summed E-state index contributed by atoms with van der Waals surface area (Å²) in [5.74, 6) is -13.8. The Hall–Kier alpha value is -7.38. The smallest absolute Gasteiger partial charge is 0.303 e. The number of aliphatic hydroxyl groups is 1. The van der Waals surface area contributed by atoms with Crippen LogP contribution in [0.5, 0.6) is 5.75 Å². The van der Waals surface area contributed by atoms with Gasteiger partial charge in [0.25, 0.3) is 0 Å². The zero-order valence-electron chi connectivity index (χ0n) is 43.3. The molecule has 2 aliphatic rings. The van der Waals surface area contributed by atoms with Crippen molar-refractivity contribution >= 4 is 70.9 Å². The van der Waals surface area contributed by atoms with Crippen LogP contribution in [0.4, 0.5) is 0 Å². The Morgan fingerprint density at radius 1 is 0.566 bits per heavy atom. The molecule has 2 aliphatic heterocycles. The van der Waals surface area contributed by atoms with Gasteiger partial charge < -0.3 is 74.6 Å². The van der Waals surface area contributed by atoms with Gasteiger partial charge in [-0.15, -0.1) is 0 Å². The molecule has 11 amide bonds. The maximum atomic E-state index is 14.3. The minimum atomic E-state index is -1.90. The molecule has 422 valence electrons. The molecule has 2 fully saturated rings. The van der Waals surface area contributed by atoms with E-state index in [-0.39, 0.29) is 38.0 Å². The summed E-state index contributed by atoms with van der Waals surface area (Å²) in [6.07, 6.45) is 4.52. The van der Waals surface area contributed by atoms with E-state index < -0.39 is 157 Å². The third-order valence-electron chi connectivity index (χ3n) is 13.0. The molecule has 9 atom stereocenters. The van der Waals surface area contributed by atoms with Crippen LogP contribution in [0.15, 0.2) is 24.3 Å². The number of carbonyl (C=O) groups excluding carboxylic acids is 11. The van der Waals surface area contributed by atoms with Gasteiger partial charge in [-0.2, -0.15) is 0 Å². The molecule has 3 rings (SSSR count). The number of primary amides is 3. The molecule has 0 aliphatic carbocycles. The number of nitrogens with zero attached hydrogens (tertiary/aromatic N) is 1. The number of nitrogens with two attached hydrogens (primary N) is 3. The number of unbranched alkanes of at least 4 members (excludes halogenated alkanes) is 10. The number of nitrogens with one attached hydrogen (secondary N) is 7. The van der Waals surface area contributed by atoms with Crippen LogP contribution < -0.4 is 54.4 Å². The maximum absolute atomic E-state index is 14.3. The van der Waals surface area contributed by atoms with E-state index in [1.807, 2.05) is 0 Å². The fourth-order valence-corrected chi connectivity index (χ4v) is 8.90. The van der Waals surface area contributed by atoms with Crippen molar-refractivity contribution in [2.45, 2.75) is 197 Å². The second kappa shape index (κ2) is 32.1. The minimum absolute atomic E-state index is 0.0296. The van der Waals surface area contributed by atoms with E-state index in [9.17, 15) is 72.9 Å². The SMILES string of the molecule is CCCCCCCCCCCCCC1NC(=O)C(C(C)O)NC(=O)C(CC(N)=O)NC(=O)C2CCCN2C(=O)C(CCC(=O)O)NC(=O)C(CC(N)=O)NC(=O)C(Cc2ccc(O)cc2)NC(=O)C(CC(N)=O)NC1=O. The van der Waals surface area contributed by atoms with E-state index in [4.69, 9.17) is 17.2 Å². The monoisotopic (exact) mass is 1070 g/mol. The Kier molecular flexibility index (Phi) is 26.6. The lowest BCUT2D eigenvalue weighted by molar-refractivity contribution is -0.144. The van der Waals surface area contributed by atoms with Crippen LogP contribution in [-0.4, -0.2) is 152 Å². The number of aliphatic carboxylic acids is 1. The number of phenolic OH excluding ortho intramolecular Hbond substituents is 1. The number of aliphatic hydroxyl groups excluding tert-OH is 1. The first-order chi connectivity index (χ1) is 36.0. The highest BCUT2D eigenvalue weighted by molar-refractivity contribution is 6.01. The number of benzene rings is 1. The summed E-state index contributed by atoms with van der Waals surface area (Å²) in [4.78, 5) is 163. The average molecular weight is 1070 g/mol. The summed E-state index contributed by atoms with van der Waals surface area (Å²) in [5, 5.41) is 47.0. The second-order valence-electron chi connectivity index (χ2n) is 19.4. The number of amides is 11. The Balaban J connectivity index is 2.15. The quantitative estimate of drug-likeness (QED) is 0.0494. The maximum Gasteiger partial charge on any atom is 0.303 e. The van der Waals surface area contributed by atoms with E-state index >= 15 is 0 Å². The fraction of sp³-hybridized carbons (Fsp3) is 0.640. The standard InChI is InChI=1S/C50H77N11O15/c1-3-4-5-6-7-8-9-10-11-12-13-15-31-43(69)57-35(26-39(52)65)46(72)56-33(24-29-17-19-30(63)20-18-29)44(70)58-34(25-38(51)64)45(71)55-32(21-22-41(67)68)50(76)61-23-14-16-37(61)48(74)59-36(27-40(53)66)47(73)60-42(28(2)62)49(75)54-31/h17-20,28,31-37,42,62-63H,3-16,21-27H2,1-2H3,(H2,51,64)(H2,52,65)(H2,53,66)(H,54,75)(H,55,71)(H,56,72)(H,57,69)(H,58,70)(H,59,74)(H,60,73)(H,67,68). The van der Waals surface area contributed by atoms with Gasteiger partial charge in [0.1, 0.15) is 54.1 Å². The molecule has 9 unspecified atom stereocenters. The van der Waals surface area contributed by atoms with E-state index in [2.05, 4.69) is 44.1 Å². The highest BCUT2D eigenvalue weighted by atomic mass is 16.4. The second-order valence-corrected chi connectivity index (χ2v) is 19.4. The van der Waals surface area contributed by atoms with Gasteiger partial charge in [0.15, 0.2) is 0 Å². The molecular formula is C50H77N11O15. The van der Waals surface area contributed by atoms with Gasteiger partial charge in [-0.05, 0) is 50.3 Å². The van der Waals surface area contributed by atoms with Crippen LogP contribution in [-0.2, 0) is 64.0 Å². The van der Waals surface area contributed by atoms with E-state index in [0.29, 0.717) is 18.4 Å². The number of carboxylic acids is 1. The van der Waals surface area contributed by atoms with Gasteiger partial charge in [0.2, 0.25) is 65.0 Å². The zero-order valence-corrected chi connectivity index (χ0v) is 43.3. The minimum Gasteiger partial charge on any atom is -0.508 e. The van der Waals surface area contributed by atoms with Gasteiger partial charge in [-0.1, -0.05) is 89.7 Å². The van der Waals surface area contributed by atoms with Gasteiger partial charge in [-0.25, -0.2) is 0 Å². The van der Waals surface area contributed by atoms with Gasteiger partial charge in [-0.3, -0.25) is 57.5 Å². The first-order valence-electron chi connectivity index (χ1n) is 26.0. The molecule has 0 bridgehead atoms. The number of hydrogen-bond acceptors (Lipinski definition) is 14. The Bertz CT molecular complexity index is 2210. The predicted octanol–water partition coefficient (Wildman–Crippen LogP) is -2.09. The van der Waals surface area contributed by atoms with Crippen LogP contribution in [0.3, 0.4) is 0 Å². The highest BCUT2D eigenvalue weighted by Gasteiger charge is 2.41. The molecule has 26 heteroatoms. The number of fused-ring (bicyclic) bond motifs is 1. The first kappa shape index (κ1) is 62.9. The van der Waals surface area contributed by atoms with E-state index in [0.717, 1.165) is 56.8 Å². The van der Waals surface area contributed by atoms with Crippen LogP contribution >= 0.6 is 0 Å². The number of aromatic hydroxyl groups is 1. The summed E-state index contributed by atoms with van der Waals surface area (Å²) in [6, 6.07) is -8.40. The molecule has 0 aromatic heterocycles. The molecule has 0 radical (unpaired) electrons. The first-order valence-corrected chi connectivity index (χ1v) is 26.0. The molecule has 16 N–H and O–H groups in total. The Morgan fingerprint density at radius 3 is 1.47 bits per heavy atom. The molecule has 0 spiro atoms. The third kappa shape index (κ3) is 21.8. The summed E-state index contributed by atoms with van der Waals surface area (Å²) < 4.78 is 0. The Morgan fingerprint density at radius 2 is 0.987 bits per heavy atom. The largest absolute Gasteiger partial charge is 0.508 e. The van der Waals surface area contributed by atoms with Crippen molar-refractivity contribution in [2.24, 2.45) is 17.2 Å². The highest BCUT2D eigenvalue weighted by Crippen LogP contribution is 2.21. The van der Waals surface area contributed by atoms with E-state index in [1.165, 1.54) is 37.1 Å². The lowest BCUT2D eigenvalue weighted by Gasteiger charge is -2.31. The molecule has 76 heavy (non-hydrogen) atoms. The van der Waals surface area contributed by atoms with Gasteiger partial charge >= 0.3 is 5.97 Å². The molecule has 26 nitrogen and oxygen atoms in total. The summed E-state index contributed by atoms with van der Waals surface area (Å²) in [5.41, 5.74) is 16.8. The number of carboxylic acid groups (broad SMARTS) is 1. The Labute approximate surface area is 440 Å². The number of hydrogen-bond donors (Lipinski definition) is 13. The molecule has 1 aromatic rings. The van der Waals surface area contributed by atoms with Crippen molar-refractivity contribution in [3.63, 3.8) is 0 Å². The van der Waals surface area contributed by atoms with Crippen LogP contribution in [0.25, 0.3) is 0 Å². The summed E-state index contributed by atoms with van der Waals surface area (Å²) in [7, 11) is 0. The summed E-state index contributed by atoms with van der Waals surface area (Å²) >= 11 is 0. The van der Waals surface area contributed by atoms with Gasteiger partial charge in [0, 0.05) is 19.4 Å². The van der Waals surface area contributed by atoms with Crippen molar-refractivity contribution in [3.05, 3.63) is 29.8 Å². The normalized spacial score (nSPS) is 24.0.